The molecule has 2 aromatic carbocycles. The van der Waals surface area contributed by atoms with Gasteiger partial charge in [-0.25, -0.2) is 0 Å². The minimum absolute atomic E-state index is 0.0131. The standard InChI is InChI=1S/C27H36N4O4/c1-17-6-9-24(35-5)23(11-17)30-26(33)14-29-25(32)13-28-22-12-21(8-7-20(22)4)27(34)31-15-18(2)10-19(3)16-31/h6-9,11-12,18-19,28H,10,13-16H2,1-5H3,(H,29,32)(H,30,33). The molecular formula is C27H36N4O4. The fraction of sp³-hybridized carbons (Fsp3) is 0.444. The molecule has 2 aromatic rings. The Kier molecular flexibility index (Phi) is 8.73. The van der Waals surface area contributed by atoms with E-state index in [2.05, 4.69) is 29.8 Å². The zero-order valence-electron chi connectivity index (χ0n) is 21.2. The highest BCUT2D eigenvalue weighted by molar-refractivity contribution is 5.97. The minimum atomic E-state index is -0.351. The molecule has 2 atom stereocenters. The Bertz CT molecular complexity index is 1070. The molecule has 8 heteroatoms. The number of carbonyl (C=O) groups is 3. The number of hydrogen-bond donors (Lipinski definition) is 3. The third-order valence-electron chi connectivity index (χ3n) is 6.16. The van der Waals surface area contributed by atoms with E-state index in [-0.39, 0.29) is 30.8 Å². The first kappa shape index (κ1) is 26.1. The van der Waals surface area contributed by atoms with Crippen LogP contribution >= 0.6 is 0 Å². The molecule has 1 heterocycles. The Hall–Kier alpha value is -3.55. The zero-order chi connectivity index (χ0) is 25.5. The number of piperidine rings is 1. The first-order chi connectivity index (χ1) is 16.7. The van der Waals surface area contributed by atoms with E-state index in [1.54, 1.807) is 12.1 Å². The van der Waals surface area contributed by atoms with Gasteiger partial charge in [0.25, 0.3) is 5.91 Å². The van der Waals surface area contributed by atoms with Gasteiger partial charge in [0.1, 0.15) is 5.75 Å². The Labute approximate surface area is 207 Å². The quantitative estimate of drug-likeness (QED) is 0.536. The van der Waals surface area contributed by atoms with Crippen LogP contribution in [0.1, 0.15) is 41.8 Å². The molecule has 1 saturated heterocycles. The minimum Gasteiger partial charge on any atom is -0.495 e. The van der Waals surface area contributed by atoms with Crippen LogP contribution in [0.4, 0.5) is 11.4 Å². The Morgan fingerprint density at radius 3 is 2.34 bits per heavy atom. The average Bonchev–Trinajstić information content (AvgIpc) is 2.81. The molecule has 0 spiro atoms. The van der Waals surface area contributed by atoms with Crippen molar-refractivity contribution in [3.8, 4) is 5.75 Å². The van der Waals surface area contributed by atoms with Crippen molar-refractivity contribution in [1.82, 2.24) is 10.2 Å². The summed E-state index contributed by atoms with van der Waals surface area (Å²) in [6.45, 7) is 9.53. The second-order valence-corrected chi connectivity index (χ2v) is 9.57. The number of hydrogen-bond acceptors (Lipinski definition) is 5. The summed E-state index contributed by atoms with van der Waals surface area (Å²) in [5, 5.41) is 8.46. The SMILES string of the molecule is COc1ccc(C)cc1NC(=O)CNC(=O)CNc1cc(C(=O)N2CC(C)CC(C)C2)ccc1C. The monoisotopic (exact) mass is 480 g/mol. The maximum Gasteiger partial charge on any atom is 0.253 e. The van der Waals surface area contributed by atoms with Gasteiger partial charge >= 0.3 is 0 Å². The molecule has 3 amide bonds. The van der Waals surface area contributed by atoms with Gasteiger partial charge in [0, 0.05) is 24.3 Å². The summed E-state index contributed by atoms with van der Waals surface area (Å²) in [7, 11) is 1.53. The lowest BCUT2D eigenvalue weighted by Gasteiger charge is -2.35. The summed E-state index contributed by atoms with van der Waals surface area (Å²) in [4.78, 5) is 39.6. The van der Waals surface area contributed by atoms with Crippen molar-refractivity contribution < 1.29 is 19.1 Å². The summed E-state index contributed by atoms with van der Waals surface area (Å²) in [6.07, 6.45) is 1.14. The molecule has 1 aliphatic heterocycles. The van der Waals surface area contributed by atoms with Gasteiger partial charge in [-0.05, 0) is 67.5 Å². The van der Waals surface area contributed by atoms with E-state index in [9.17, 15) is 14.4 Å². The number of likely N-dealkylation sites (tertiary alicyclic amines) is 1. The molecule has 0 radical (unpaired) electrons. The highest BCUT2D eigenvalue weighted by Crippen LogP contribution is 2.25. The molecule has 3 N–H and O–H groups in total. The topological polar surface area (TPSA) is 99.8 Å². The lowest BCUT2D eigenvalue weighted by Crippen LogP contribution is -2.42. The molecule has 0 saturated carbocycles. The van der Waals surface area contributed by atoms with E-state index >= 15 is 0 Å². The van der Waals surface area contributed by atoms with Crippen LogP contribution in [0.5, 0.6) is 5.75 Å². The zero-order valence-corrected chi connectivity index (χ0v) is 21.2. The van der Waals surface area contributed by atoms with Crippen LogP contribution in [-0.4, -0.2) is 55.9 Å². The predicted octanol–water partition coefficient (Wildman–Crippen LogP) is 3.60. The van der Waals surface area contributed by atoms with Crippen molar-refractivity contribution >= 4 is 29.1 Å². The highest BCUT2D eigenvalue weighted by atomic mass is 16.5. The molecule has 1 aliphatic rings. The lowest BCUT2D eigenvalue weighted by atomic mass is 9.91. The number of ether oxygens (including phenoxy) is 1. The first-order valence-corrected chi connectivity index (χ1v) is 12.0. The van der Waals surface area contributed by atoms with Crippen molar-refractivity contribution in [2.75, 3.05) is 43.9 Å². The van der Waals surface area contributed by atoms with Gasteiger partial charge in [0.2, 0.25) is 11.8 Å². The molecule has 0 aromatic heterocycles. The maximum absolute atomic E-state index is 13.1. The molecule has 0 aliphatic carbocycles. The number of amides is 3. The van der Waals surface area contributed by atoms with E-state index < -0.39 is 0 Å². The van der Waals surface area contributed by atoms with Crippen molar-refractivity contribution in [2.24, 2.45) is 11.8 Å². The number of aryl methyl sites for hydroxylation is 2. The summed E-state index contributed by atoms with van der Waals surface area (Å²) in [6, 6.07) is 11.0. The van der Waals surface area contributed by atoms with Gasteiger partial charge in [0.15, 0.2) is 0 Å². The number of methoxy groups -OCH3 is 1. The number of anilines is 2. The smallest absolute Gasteiger partial charge is 0.253 e. The van der Waals surface area contributed by atoms with E-state index in [0.29, 0.717) is 28.8 Å². The van der Waals surface area contributed by atoms with Crippen LogP contribution in [0, 0.1) is 25.7 Å². The van der Waals surface area contributed by atoms with Crippen molar-refractivity contribution in [3.63, 3.8) is 0 Å². The summed E-state index contributed by atoms with van der Waals surface area (Å²) in [5.74, 6) is 0.855. The molecule has 1 fully saturated rings. The molecule has 8 nitrogen and oxygen atoms in total. The number of nitrogens with zero attached hydrogens (tertiary/aromatic N) is 1. The third kappa shape index (κ3) is 7.21. The largest absolute Gasteiger partial charge is 0.495 e. The normalized spacial score (nSPS) is 17.5. The van der Waals surface area contributed by atoms with Crippen LogP contribution in [0.2, 0.25) is 0 Å². The Balaban J connectivity index is 1.53. The number of nitrogens with one attached hydrogen (secondary N) is 3. The van der Waals surface area contributed by atoms with E-state index in [1.807, 2.05) is 43.0 Å². The summed E-state index contributed by atoms with van der Waals surface area (Å²) >= 11 is 0. The summed E-state index contributed by atoms with van der Waals surface area (Å²) < 4.78 is 5.26. The number of rotatable bonds is 8. The predicted molar refractivity (Wildman–Crippen MR) is 138 cm³/mol. The van der Waals surface area contributed by atoms with Crippen LogP contribution in [-0.2, 0) is 9.59 Å². The van der Waals surface area contributed by atoms with E-state index in [4.69, 9.17) is 4.74 Å². The third-order valence-corrected chi connectivity index (χ3v) is 6.16. The van der Waals surface area contributed by atoms with Crippen LogP contribution in [0.3, 0.4) is 0 Å². The van der Waals surface area contributed by atoms with E-state index in [0.717, 1.165) is 36.3 Å². The lowest BCUT2D eigenvalue weighted by molar-refractivity contribution is -0.122. The van der Waals surface area contributed by atoms with Crippen LogP contribution < -0.4 is 20.7 Å². The Morgan fingerprint density at radius 1 is 0.943 bits per heavy atom. The van der Waals surface area contributed by atoms with Gasteiger partial charge in [-0.15, -0.1) is 0 Å². The van der Waals surface area contributed by atoms with Crippen molar-refractivity contribution in [1.29, 1.82) is 0 Å². The van der Waals surface area contributed by atoms with Crippen molar-refractivity contribution in [3.05, 3.63) is 53.1 Å². The number of benzene rings is 2. The van der Waals surface area contributed by atoms with Gasteiger partial charge in [-0.1, -0.05) is 26.0 Å². The second kappa shape index (κ2) is 11.7. The Morgan fingerprint density at radius 2 is 1.66 bits per heavy atom. The molecule has 0 bridgehead atoms. The number of carbonyl (C=O) groups excluding carboxylic acids is 3. The molecular weight excluding hydrogens is 444 g/mol. The van der Waals surface area contributed by atoms with Crippen molar-refractivity contribution in [2.45, 2.75) is 34.1 Å². The van der Waals surface area contributed by atoms with Gasteiger partial charge < -0.3 is 25.6 Å². The fourth-order valence-electron chi connectivity index (χ4n) is 4.49. The second-order valence-electron chi connectivity index (χ2n) is 9.57. The fourth-order valence-corrected chi connectivity index (χ4v) is 4.49. The average molecular weight is 481 g/mol. The van der Waals surface area contributed by atoms with Gasteiger partial charge in [0.05, 0.1) is 25.9 Å². The highest BCUT2D eigenvalue weighted by Gasteiger charge is 2.26. The first-order valence-electron chi connectivity index (χ1n) is 12.0. The molecule has 3 rings (SSSR count). The van der Waals surface area contributed by atoms with Crippen LogP contribution in [0.25, 0.3) is 0 Å². The van der Waals surface area contributed by atoms with Crippen LogP contribution in [0.15, 0.2) is 36.4 Å². The summed E-state index contributed by atoms with van der Waals surface area (Å²) in [5.41, 5.74) is 3.79. The molecule has 35 heavy (non-hydrogen) atoms. The van der Waals surface area contributed by atoms with E-state index in [1.165, 1.54) is 7.11 Å². The molecule has 188 valence electrons. The maximum atomic E-state index is 13.1. The molecule has 2 unspecified atom stereocenters. The van der Waals surface area contributed by atoms with Gasteiger partial charge in [-0.2, -0.15) is 0 Å². The van der Waals surface area contributed by atoms with Gasteiger partial charge in [-0.3, -0.25) is 14.4 Å².